The minimum atomic E-state index is -0.841. The van der Waals surface area contributed by atoms with Gasteiger partial charge in [0.1, 0.15) is 0 Å². The number of nitrogens with zero attached hydrogens (tertiary/aromatic N) is 2. The van der Waals surface area contributed by atoms with E-state index in [0.717, 1.165) is 37.0 Å². The Hall–Kier alpha value is -1.39. The van der Waals surface area contributed by atoms with Crippen molar-refractivity contribution in [3.8, 4) is 0 Å². The molecule has 1 saturated heterocycles. The Balaban J connectivity index is 1.39. The summed E-state index contributed by atoms with van der Waals surface area (Å²) in [5.41, 5.74) is 1.50. The molecule has 3 rings (SSSR count). The summed E-state index contributed by atoms with van der Waals surface area (Å²) in [5.74, 6) is 1.01. The number of hydrogen-bond acceptors (Lipinski definition) is 3. The normalized spacial score (nSPS) is 19.4. The Labute approximate surface area is 151 Å². The molecule has 1 aliphatic carbocycles. The van der Waals surface area contributed by atoms with E-state index in [2.05, 4.69) is 16.7 Å². The maximum absolute atomic E-state index is 11.1. The van der Waals surface area contributed by atoms with Crippen molar-refractivity contribution in [3.05, 3.63) is 35.4 Å². The summed E-state index contributed by atoms with van der Waals surface area (Å²) < 4.78 is 0. The molecule has 4 nitrogen and oxygen atoms in total. The summed E-state index contributed by atoms with van der Waals surface area (Å²) in [6.07, 6.45) is 6.78. The van der Waals surface area contributed by atoms with Gasteiger partial charge in [0.15, 0.2) is 0 Å². The van der Waals surface area contributed by atoms with Crippen LogP contribution in [0.1, 0.15) is 54.9 Å². The molecular formula is C21H32N2O2. The molecule has 138 valence electrons. The number of carboxylic acid groups (broad SMARTS) is 1. The smallest absolute Gasteiger partial charge is 0.335 e. The van der Waals surface area contributed by atoms with Crippen molar-refractivity contribution in [2.24, 2.45) is 11.8 Å². The van der Waals surface area contributed by atoms with Crippen molar-refractivity contribution in [2.75, 3.05) is 32.7 Å². The van der Waals surface area contributed by atoms with Gasteiger partial charge in [-0.1, -0.05) is 19.1 Å². The van der Waals surface area contributed by atoms with Crippen LogP contribution in [0.5, 0.6) is 0 Å². The monoisotopic (exact) mass is 344 g/mol. The SMILES string of the molecule is CCN(CCC1CCN(Cc2cccc(C(=O)O)c2)CC1)CC1CC1. The zero-order valence-corrected chi connectivity index (χ0v) is 15.5. The Kier molecular flexibility index (Phi) is 6.49. The highest BCUT2D eigenvalue weighted by Crippen LogP contribution is 2.30. The van der Waals surface area contributed by atoms with Gasteiger partial charge in [-0.05, 0) is 87.8 Å². The van der Waals surface area contributed by atoms with E-state index in [-0.39, 0.29) is 0 Å². The molecule has 0 aromatic heterocycles. The highest BCUT2D eigenvalue weighted by Gasteiger charge is 2.25. The third kappa shape index (κ3) is 5.82. The number of hydrogen-bond donors (Lipinski definition) is 1. The van der Waals surface area contributed by atoms with Gasteiger partial charge in [0, 0.05) is 13.1 Å². The Morgan fingerprint density at radius 1 is 1.20 bits per heavy atom. The number of carboxylic acids is 1. The maximum atomic E-state index is 11.1. The van der Waals surface area contributed by atoms with Crippen LogP contribution in [0, 0.1) is 11.8 Å². The lowest BCUT2D eigenvalue weighted by Crippen LogP contribution is -2.35. The van der Waals surface area contributed by atoms with Crippen LogP contribution in [0.2, 0.25) is 0 Å². The molecule has 0 unspecified atom stereocenters. The predicted molar refractivity (Wildman–Crippen MR) is 101 cm³/mol. The molecule has 1 saturated carbocycles. The average molecular weight is 344 g/mol. The molecule has 0 amide bonds. The Bertz CT molecular complexity index is 563. The van der Waals surface area contributed by atoms with Crippen LogP contribution in [0.15, 0.2) is 24.3 Å². The second-order valence-corrected chi connectivity index (χ2v) is 7.85. The number of carbonyl (C=O) groups is 1. The fourth-order valence-corrected chi connectivity index (χ4v) is 3.90. The van der Waals surface area contributed by atoms with E-state index in [1.54, 1.807) is 6.07 Å². The van der Waals surface area contributed by atoms with Gasteiger partial charge in [-0.3, -0.25) is 4.90 Å². The molecule has 1 aromatic rings. The molecule has 0 atom stereocenters. The number of piperidine rings is 1. The lowest BCUT2D eigenvalue weighted by atomic mass is 9.93. The Morgan fingerprint density at radius 2 is 1.96 bits per heavy atom. The zero-order valence-electron chi connectivity index (χ0n) is 15.5. The van der Waals surface area contributed by atoms with Gasteiger partial charge >= 0.3 is 5.97 Å². The zero-order chi connectivity index (χ0) is 17.6. The molecule has 0 spiro atoms. The lowest BCUT2D eigenvalue weighted by Gasteiger charge is -2.33. The van der Waals surface area contributed by atoms with Crippen LogP contribution in [-0.2, 0) is 6.54 Å². The van der Waals surface area contributed by atoms with E-state index in [1.165, 1.54) is 51.7 Å². The molecule has 1 aromatic carbocycles. The molecule has 2 fully saturated rings. The minimum Gasteiger partial charge on any atom is -0.478 e. The second-order valence-electron chi connectivity index (χ2n) is 7.85. The van der Waals surface area contributed by atoms with Gasteiger partial charge in [-0.2, -0.15) is 0 Å². The van der Waals surface area contributed by atoms with Crippen LogP contribution < -0.4 is 0 Å². The number of benzene rings is 1. The van der Waals surface area contributed by atoms with Gasteiger partial charge in [-0.25, -0.2) is 4.79 Å². The third-order valence-electron chi connectivity index (χ3n) is 5.80. The average Bonchev–Trinajstić information content (AvgIpc) is 3.44. The third-order valence-corrected chi connectivity index (χ3v) is 5.80. The fraction of sp³-hybridized carbons (Fsp3) is 0.667. The highest BCUT2D eigenvalue weighted by atomic mass is 16.4. The van der Waals surface area contributed by atoms with Crippen molar-refractivity contribution in [1.29, 1.82) is 0 Å². The summed E-state index contributed by atoms with van der Waals surface area (Å²) in [6, 6.07) is 7.37. The summed E-state index contributed by atoms with van der Waals surface area (Å²) >= 11 is 0. The fourth-order valence-electron chi connectivity index (χ4n) is 3.90. The standard InChI is InChI=1S/C21H32N2O2/c1-2-22(15-18-6-7-18)11-8-17-9-12-23(13-10-17)16-19-4-3-5-20(14-19)21(24)25/h3-5,14,17-18H,2,6-13,15-16H2,1H3,(H,24,25). The molecule has 0 radical (unpaired) electrons. The molecular weight excluding hydrogens is 312 g/mol. The van der Waals surface area contributed by atoms with Crippen LogP contribution in [0.4, 0.5) is 0 Å². The molecule has 2 aliphatic rings. The van der Waals surface area contributed by atoms with Crippen LogP contribution in [0.3, 0.4) is 0 Å². The van der Waals surface area contributed by atoms with Gasteiger partial charge in [0.25, 0.3) is 0 Å². The molecule has 0 bridgehead atoms. The van der Waals surface area contributed by atoms with Crippen molar-refractivity contribution in [1.82, 2.24) is 9.80 Å². The van der Waals surface area contributed by atoms with E-state index in [4.69, 9.17) is 5.11 Å². The van der Waals surface area contributed by atoms with Gasteiger partial charge in [0.05, 0.1) is 5.56 Å². The first kappa shape index (κ1) is 18.4. The van der Waals surface area contributed by atoms with E-state index >= 15 is 0 Å². The lowest BCUT2D eigenvalue weighted by molar-refractivity contribution is 0.0696. The van der Waals surface area contributed by atoms with Crippen LogP contribution in [-0.4, -0.2) is 53.6 Å². The Morgan fingerprint density at radius 3 is 2.60 bits per heavy atom. The quantitative estimate of drug-likeness (QED) is 0.741. The highest BCUT2D eigenvalue weighted by molar-refractivity contribution is 5.87. The maximum Gasteiger partial charge on any atom is 0.335 e. The predicted octanol–water partition coefficient (Wildman–Crippen LogP) is 3.72. The molecule has 25 heavy (non-hydrogen) atoms. The summed E-state index contributed by atoms with van der Waals surface area (Å²) in [5, 5.41) is 9.11. The first-order valence-corrected chi connectivity index (χ1v) is 9.91. The molecule has 1 N–H and O–H groups in total. The minimum absolute atomic E-state index is 0.391. The van der Waals surface area contributed by atoms with Crippen LogP contribution in [0.25, 0.3) is 0 Å². The van der Waals surface area contributed by atoms with Gasteiger partial charge < -0.3 is 10.0 Å². The van der Waals surface area contributed by atoms with Crippen molar-refractivity contribution in [3.63, 3.8) is 0 Å². The summed E-state index contributed by atoms with van der Waals surface area (Å²) in [6.45, 7) is 9.20. The van der Waals surface area contributed by atoms with E-state index in [9.17, 15) is 4.79 Å². The van der Waals surface area contributed by atoms with Crippen molar-refractivity contribution in [2.45, 2.75) is 45.6 Å². The van der Waals surface area contributed by atoms with Gasteiger partial charge in [0.2, 0.25) is 0 Å². The molecule has 1 heterocycles. The topological polar surface area (TPSA) is 43.8 Å². The summed E-state index contributed by atoms with van der Waals surface area (Å²) in [7, 11) is 0. The first-order valence-electron chi connectivity index (χ1n) is 9.91. The second kappa shape index (κ2) is 8.81. The van der Waals surface area contributed by atoms with Gasteiger partial charge in [-0.15, -0.1) is 0 Å². The molecule has 4 heteroatoms. The number of aromatic carboxylic acids is 1. The van der Waals surface area contributed by atoms with Crippen molar-refractivity contribution >= 4 is 5.97 Å². The number of rotatable bonds is 9. The first-order chi connectivity index (χ1) is 12.1. The van der Waals surface area contributed by atoms with Crippen molar-refractivity contribution < 1.29 is 9.90 Å². The number of likely N-dealkylation sites (tertiary alicyclic amines) is 1. The van der Waals surface area contributed by atoms with Crippen LogP contribution >= 0.6 is 0 Å². The summed E-state index contributed by atoms with van der Waals surface area (Å²) in [4.78, 5) is 16.2. The van der Waals surface area contributed by atoms with E-state index in [0.29, 0.717) is 5.56 Å². The molecule has 1 aliphatic heterocycles. The van der Waals surface area contributed by atoms with E-state index in [1.807, 2.05) is 18.2 Å². The van der Waals surface area contributed by atoms with E-state index < -0.39 is 5.97 Å². The largest absolute Gasteiger partial charge is 0.478 e.